The van der Waals surface area contributed by atoms with Crippen molar-refractivity contribution >= 4 is 29.0 Å². The maximum atomic E-state index is 13.2. The molecule has 0 aromatic heterocycles. The highest BCUT2D eigenvalue weighted by Crippen LogP contribution is 2.22. The van der Waals surface area contributed by atoms with Crippen molar-refractivity contribution in [2.45, 2.75) is 25.3 Å². The van der Waals surface area contributed by atoms with Gasteiger partial charge >= 0.3 is 5.97 Å². The zero-order valence-corrected chi connectivity index (χ0v) is 24.3. The molecule has 220 valence electrons. The van der Waals surface area contributed by atoms with Gasteiger partial charge in [0, 0.05) is 35.3 Å². The third-order valence-electron chi connectivity index (χ3n) is 6.90. The standard InChI is InChI=1S/C36H36N2O5/c1-3-4-19-34(39)38(29-15-9-6-10-16-29)24-25-43-30-22-20-27(21-23-30)26-33(36(41)42-2)37-32-18-12-11-17-31(32)35(40)28-13-7-5-8-14-28/h3,5-18,20-23,33,37H,1,4,19,24-26H2,2H3. The topological polar surface area (TPSA) is 84.9 Å². The number of carbonyl (C=O) groups is 3. The van der Waals surface area contributed by atoms with E-state index in [9.17, 15) is 14.4 Å². The summed E-state index contributed by atoms with van der Waals surface area (Å²) in [7, 11) is 1.34. The second kappa shape index (κ2) is 15.7. The van der Waals surface area contributed by atoms with Crippen molar-refractivity contribution < 1.29 is 23.9 Å². The Bertz CT molecular complexity index is 1500. The number of ketones is 1. The van der Waals surface area contributed by atoms with Gasteiger partial charge in [-0.05, 0) is 48.4 Å². The van der Waals surface area contributed by atoms with Gasteiger partial charge in [0.2, 0.25) is 5.91 Å². The van der Waals surface area contributed by atoms with Crippen LogP contribution in [0.3, 0.4) is 0 Å². The normalized spacial score (nSPS) is 11.2. The van der Waals surface area contributed by atoms with Crippen LogP contribution >= 0.6 is 0 Å². The minimum atomic E-state index is -0.720. The molecule has 4 rings (SSSR count). The molecule has 1 atom stereocenters. The monoisotopic (exact) mass is 576 g/mol. The number of nitrogens with zero attached hydrogens (tertiary/aromatic N) is 1. The van der Waals surface area contributed by atoms with E-state index in [-0.39, 0.29) is 11.7 Å². The number of benzene rings is 4. The Morgan fingerprint density at radius 1 is 0.860 bits per heavy atom. The fraction of sp³-hybridized carbons (Fsp3) is 0.194. The first-order valence-electron chi connectivity index (χ1n) is 14.2. The van der Waals surface area contributed by atoms with Crippen LogP contribution in [-0.2, 0) is 20.7 Å². The van der Waals surface area contributed by atoms with Gasteiger partial charge in [-0.2, -0.15) is 0 Å². The predicted molar refractivity (Wildman–Crippen MR) is 170 cm³/mol. The van der Waals surface area contributed by atoms with Crippen LogP contribution in [0.15, 0.2) is 122 Å². The molecule has 43 heavy (non-hydrogen) atoms. The highest BCUT2D eigenvalue weighted by Gasteiger charge is 2.23. The van der Waals surface area contributed by atoms with Crippen LogP contribution in [0.4, 0.5) is 11.4 Å². The number of hydrogen-bond donors (Lipinski definition) is 1. The molecule has 0 spiro atoms. The summed E-state index contributed by atoms with van der Waals surface area (Å²) in [4.78, 5) is 40.5. The third-order valence-corrected chi connectivity index (χ3v) is 6.90. The highest BCUT2D eigenvalue weighted by molar-refractivity contribution is 6.12. The van der Waals surface area contributed by atoms with E-state index in [1.54, 1.807) is 41.3 Å². The van der Waals surface area contributed by atoms with Gasteiger partial charge in [0.05, 0.1) is 13.7 Å². The lowest BCUT2D eigenvalue weighted by Gasteiger charge is -2.23. The second-order valence-corrected chi connectivity index (χ2v) is 9.87. The van der Waals surface area contributed by atoms with Gasteiger partial charge < -0.3 is 19.7 Å². The van der Waals surface area contributed by atoms with Gasteiger partial charge in [0.15, 0.2) is 5.78 Å². The summed E-state index contributed by atoms with van der Waals surface area (Å²) in [6.45, 7) is 4.42. The molecule has 0 heterocycles. The Morgan fingerprint density at radius 2 is 1.51 bits per heavy atom. The maximum absolute atomic E-state index is 13.2. The number of nitrogens with one attached hydrogen (secondary N) is 1. The van der Waals surface area contributed by atoms with Gasteiger partial charge in [-0.25, -0.2) is 4.79 Å². The Kier molecular flexibility index (Phi) is 11.3. The van der Waals surface area contributed by atoms with Crippen molar-refractivity contribution in [3.05, 3.63) is 139 Å². The van der Waals surface area contributed by atoms with Gasteiger partial charge in [0.1, 0.15) is 18.4 Å². The molecule has 0 aliphatic heterocycles. The molecular formula is C36H36N2O5. The molecule has 0 radical (unpaired) electrons. The molecule has 0 fully saturated rings. The van der Waals surface area contributed by atoms with Crippen molar-refractivity contribution in [1.82, 2.24) is 0 Å². The second-order valence-electron chi connectivity index (χ2n) is 9.87. The van der Waals surface area contributed by atoms with Crippen LogP contribution in [0, 0.1) is 0 Å². The lowest BCUT2D eigenvalue weighted by Crippen LogP contribution is -2.34. The zero-order valence-electron chi connectivity index (χ0n) is 24.3. The lowest BCUT2D eigenvalue weighted by molar-refractivity contribution is -0.141. The molecule has 7 nitrogen and oxygen atoms in total. The minimum Gasteiger partial charge on any atom is -0.492 e. The van der Waals surface area contributed by atoms with E-state index in [0.29, 0.717) is 55.0 Å². The summed E-state index contributed by atoms with van der Waals surface area (Å²) in [5.41, 5.74) is 3.29. The highest BCUT2D eigenvalue weighted by atomic mass is 16.5. The maximum Gasteiger partial charge on any atom is 0.328 e. The van der Waals surface area contributed by atoms with Crippen LogP contribution in [0.2, 0.25) is 0 Å². The van der Waals surface area contributed by atoms with Crippen LogP contribution in [0.1, 0.15) is 34.3 Å². The van der Waals surface area contributed by atoms with E-state index in [1.165, 1.54) is 7.11 Å². The number of methoxy groups -OCH3 is 1. The lowest BCUT2D eigenvalue weighted by atomic mass is 10.00. The van der Waals surface area contributed by atoms with E-state index < -0.39 is 12.0 Å². The van der Waals surface area contributed by atoms with E-state index in [0.717, 1.165) is 11.3 Å². The van der Waals surface area contributed by atoms with Crippen molar-refractivity contribution in [2.24, 2.45) is 0 Å². The molecule has 4 aromatic carbocycles. The third kappa shape index (κ3) is 8.66. The number of allylic oxidation sites excluding steroid dienone is 1. The number of carbonyl (C=O) groups excluding carboxylic acids is 3. The Balaban J connectivity index is 1.40. The Labute approximate surface area is 252 Å². The van der Waals surface area contributed by atoms with Crippen LogP contribution < -0.4 is 15.0 Å². The fourth-order valence-electron chi connectivity index (χ4n) is 4.65. The molecule has 0 saturated heterocycles. The summed E-state index contributed by atoms with van der Waals surface area (Å²) >= 11 is 0. The summed E-state index contributed by atoms with van der Waals surface area (Å²) in [5, 5.41) is 3.23. The van der Waals surface area contributed by atoms with E-state index in [4.69, 9.17) is 9.47 Å². The molecule has 1 amide bonds. The zero-order chi connectivity index (χ0) is 30.4. The largest absolute Gasteiger partial charge is 0.492 e. The summed E-state index contributed by atoms with van der Waals surface area (Å²) in [6, 6.07) is 32.4. The molecule has 4 aromatic rings. The van der Waals surface area contributed by atoms with E-state index >= 15 is 0 Å². The Hall–Kier alpha value is -5.17. The predicted octanol–water partition coefficient (Wildman–Crippen LogP) is 6.49. The molecule has 0 aliphatic carbocycles. The minimum absolute atomic E-state index is 0.0124. The number of rotatable bonds is 15. The molecule has 7 heteroatoms. The van der Waals surface area contributed by atoms with E-state index in [2.05, 4.69) is 11.9 Å². The van der Waals surface area contributed by atoms with Crippen molar-refractivity contribution in [3.8, 4) is 5.75 Å². The first-order valence-corrected chi connectivity index (χ1v) is 14.2. The first-order chi connectivity index (χ1) is 21.0. The van der Waals surface area contributed by atoms with Crippen LogP contribution in [0.5, 0.6) is 5.75 Å². The molecule has 1 unspecified atom stereocenters. The summed E-state index contributed by atoms with van der Waals surface area (Å²) in [6.07, 6.45) is 3.07. The SMILES string of the molecule is C=CCCC(=O)N(CCOc1ccc(CC(Nc2ccccc2C(=O)c2ccccc2)C(=O)OC)cc1)c1ccccc1. The van der Waals surface area contributed by atoms with Gasteiger partial charge in [0.25, 0.3) is 0 Å². The molecule has 1 N–H and O–H groups in total. The molecule has 0 saturated carbocycles. The van der Waals surface area contributed by atoms with Crippen LogP contribution in [0.25, 0.3) is 0 Å². The van der Waals surface area contributed by atoms with Crippen LogP contribution in [-0.4, -0.2) is 44.0 Å². The fourth-order valence-corrected chi connectivity index (χ4v) is 4.65. The molecule has 0 bridgehead atoms. The van der Waals surface area contributed by atoms with Crippen molar-refractivity contribution in [3.63, 3.8) is 0 Å². The number of esters is 1. The van der Waals surface area contributed by atoms with Gasteiger partial charge in [-0.3, -0.25) is 9.59 Å². The van der Waals surface area contributed by atoms with E-state index in [1.807, 2.05) is 78.9 Å². The number of para-hydroxylation sites is 2. The first kappa shape index (κ1) is 30.8. The average Bonchev–Trinajstić information content (AvgIpc) is 3.06. The smallest absolute Gasteiger partial charge is 0.328 e. The molecular weight excluding hydrogens is 540 g/mol. The van der Waals surface area contributed by atoms with Crippen molar-refractivity contribution in [1.29, 1.82) is 0 Å². The van der Waals surface area contributed by atoms with Gasteiger partial charge in [-0.1, -0.05) is 78.9 Å². The quantitative estimate of drug-likeness (QED) is 0.0989. The Morgan fingerprint density at radius 3 is 2.19 bits per heavy atom. The summed E-state index contributed by atoms with van der Waals surface area (Å²) < 4.78 is 11.0. The number of ether oxygens (including phenoxy) is 2. The number of hydrogen-bond acceptors (Lipinski definition) is 6. The van der Waals surface area contributed by atoms with Crippen molar-refractivity contribution in [2.75, 3.05) is 30.5 Å². The summed E-state index contributed by atoms with van der Waals surface area (Å²) in [5.74, 6) is 0.0848. The number of anilines is 2. The average molecular weight is 577 g/mol. The van der Waals surface area contributed by atoms with Gasteiger partial charge in [-0.15, -0.1) is 6.58 Å². The molecule has 0 aliphatic rings. The number of amides is 1.